The average molecular weight is 252 g/mol. The van der Waals surface area contributed by atoms with Crippen LogP contribution in [0.3, 0.4) is 0 Å². The van der Waals surface area contributed by atoms with E-state index in [0.717, 1.165) is 17.8 Å². The molecule has 0 aliphatic heterocycles. The van der Waals surface area contributed by atoms with Gasteiger partial charge in [0.15, 0.2) is 0 Å². The maximum atomic E-state index is 2.43. The molecule has 0 radical (unpaired) electrons. The third-order valence-corrected chi connectivity index (χ3v) is 5.16. The van der Waals surface area contributed by atoms with Crippen LogP contribution in [0.15, 0.2) is 0 Å². The van der Waals surface area contributed by atoms with E-state index in [1.54, 1.807) is 0 Å². The van der Waals surface area contributed by atoms with Gasteiger partial charge in [-0.05, 0) is 17.8 Å². The lowest BCUT2D eigenvalue weighted by Gasteiger charge is -2.27. The summed E-state index contributed by atoms with van der Waals surface area (Å²) < 4.78 is 0. The van der Waals surface area contributed by atoms with E-state index in [1.165, 1.54) is 77.0 Å². The molecule has 0 heterocycles. The minimum absolute atomic E-state index is 1.01. The van der Waals surface area contributed by atoms with Crippen LogP contribution in [0.25, 0.3) is 0 Å². The first kappa shape index (κ1) is 16.1. The summed E-state index contributed by atoms with van der Waals surface area (Å²) in [6.07, 6.45) is 17.8. The van der Waals surface area contributed by atoms with Gasteiger partial charge in [0.2, 0.25) is 0 Å². The van der Waals surface area contributed by atoms with Gasteiger partial charge in [-0.2, -0.15) is 0 Å². The van der Waals surface area contributed by atoms with E-state index in [2.05, 4.69) is 20.8 Å². The molecule has 1 atom stereocenters. The van der Waals surface area contributed by atoms with Gasteiger partial charge in [0.1, 0.15) is 0 Å². The van der Waals surface area contributed by atoms with E-state index < -0.39 is 0 Å². The predicted octanol–water partition coefficient (Wildman–Crippen LogP) is 6.59. The minimum Gasteiger partial charge on any atom is -0.0654 e. The van der Waals surface area contributed by atoms with Gasteiger partial charge in [-0.1, -0.05) is 97.8 Å². The van der Waals surface area contributed by atoms with Crippen LogP contribution in [-0.4, -0.2) is 0 Å². The molecule has 1 aliphatic rings. The average Bonchev–Trinajstić information content (AvgIpc) is 2.40. The number of unbranched alkanes of at least 4 members (excludes halogenated alkanes) is 3. The van der Waals surface area contributed by atoms with E-state index in [1.807, 2.05) is 0 Å². The highest BCUT2D eigenvalue weighted by Gasteiger charge is 2.19. The maximum absolute atomic E-state index is 2.43. The van der Waals surface area contributed by atoms with Crippen molar-refractivity contribution in [2.75, 3.05) is 0 Å². The van der Waals surface area contributed by atoms with Crippen molar-refractivity contribution in [3.63, 3.8) is 0 Å². The largest absolute Gasteiger partial charge is 0.0654 e. The van der Waals surface area contributed by atoms with Crippen LogP contribution >= 0.6 is 0 Å². The Morgan fingerprint density at radius 3 is 2.22 bits per heavy atom. The standard InChI is InChI=1S/C18H36/c1-4-6-7-8-9-17(5-2)14-15-18-12-10-16(3)11-13-18/h16-18H,4-15H2,1-3H3. The summed E-state index contributed by atoms with van der Waals surface area (Å²) in [5, 5.41) is 0. The van der Waals surface area contributed by atoms with Gasteiger partial charge >= 0.3 is 0 Å². The molecule has 0 nitrogen and oxygen atoms in total. The molecular formula is C18H36. The van der Waals surface area contributed by atoms with Crippen molar-refractivity contribution < 1.29 is 0 Å². The molecule has 0 bridgehead atoms. The molecule has 0 heteroatoms. The van der Waals surface area contributed by atoms with Crippen LogP contribution in [0.1, 0.15) is 97.8 Å². The summed E-state index contributed by atoms with van der Waals surface area (Å²) >= 11 is 0. The fourth-order valence-corrected chi connectivity index (χ4v) is 3.50. The summed E-state index contributed by atoms with van der Waals surface area (Å²) in [5.74, 6) is 3.12. The van der Waals surface area contributed by atoms with Gasteiger partial charge in [0.25, 0.3) is 0 Å². The highest BCUT2D eigenvalue weighted by molar-refractivity contribution is 4.71. The fourth-order valence-electron chi connectivity index (χ4n) is 3.50. The van der Waals surface area contributed by atoms with Crippen LogP contribution in [0, 0.1) is 17.8 Å². The molecule has 0 N–H and O–H groups in total. The Labute approximate surface area is 116 Å². The Morgan fingerprint density at radius 2 is 1.61 bits per heavy atom. The Balaban J connectivity index is 2.07. The topological polar surface area (TPSA) is 0 Å². The second kappa shape index (κ2) is 9.87. The molecular weight excluding hydrogens is 216 g/mol. The molecule has 1 aliphatic carbocycles. The second-order valence-corrected chi connectivity index (χ2v) is 6.83. The van der Waals surface area contributed by atoms with E-state index >= 15 is 0 Å². The van der Waals surface area contributed by atoms with Crippen molar-refractivity contribution >= 4 is 0 Å². The number of hydrogen-bond acceptors (Lipinski definition) is 0. The van der Waals surface area contributed by atoms with E-state index in [0.29, 0.717) is 0 Å². The lowest BCUT2D eigenvalue weighted by molar-refractivity contribution is 0.255. The Bertz CT molecular complexity index is 176. The number of hydrogen-bond donors (Lipinski definition) is 0. The van der Waals surface area contributed by atoms with Crippen molar-refractivity contribution in [1.29, 1.82) is 0 Å². The van der Waals surface area contributed by atoms with E-state index in [-0.39, 0.29) is 0 Å². The molecule has 0 aromatic heterocycles. The predicted molar refractivity (Wildman–Crippen MR) is 82.9 cm³/mol. The summed E-state index contributed by atoms with van der Waals surface area (Å²) in [5.41, 5.74) is 0. The molecule has 1 saturated carbocycles. The SMILES string of the molecule is CCCCCCC(CC)CCC1CCC(C)CC1. The number of rotatable bonds is 9. The van der Waals surface area contributed by atoms with Crippen molar-refractivity contribution in [2.45, 2.75) is 97.8 Å². The van der Waals surface area contributed by atoms with E-state index in [9.17, 15) is 0 Å². The normalized spacial score (nSPS) is 26.2. The van der Waals surface area contributed by atoms with Crippen LogP contribution in [0.5, 0.6) is 0 Å². The molecule has 0 saturated heterocycles. The molecule has 18 heavy (non-hydrogen) atoms. The Hall–Kier alpha value is 0. The Kier molecular flexibility index (Phi) is 8.80. The smallest absolute Gasteiger partial charge is 0.0414 e. The highest BCUT2D eigenvalue weighted by atomic mass is 14.2. The van der Waals surface area contributed by atoms with Crippen LogP contribution < -0.4 is 0 Å². The quantitative estimate of drug-likeness (QED) is 0.406. The summed E-state index contributed by atoms with van der Waals surface area (Å²) in [6.45, 7) is 7.13. The zero-order valence-corrected chi connectivity index (χ0v) is 13.2. The van der Waals surface area contributed by atoms with Gasteiger partial charge in [0.05, 0.1) is 0 Å². The molecule has 0 aromatic carbocycles. The zero-order valence-electron chi connectivity index (χ0n) is 13.2. The second-order valence-electron chi connectivity index (χ2n) is 6.83. The zero-order chi connectivity index (χ0) is 13.2. The monoisotopic (exact) mass is 252 g/mol. The summed E-state index contributed by atoms with van der Waals surface area (Å²) in [7, 11) is 0. The van der Waals surface area contributed by atoms with Crippen molar-refractivity contribution in [3.05, 3.63) is 0 Å². The van der Waals surface area contributed by atoms with Gasteiger partial charge in [-0.25, -0.2) is 0 Å². The molecule has 0 spiro atoms. The molecule has 108 valence electrons. The Morgan fingerprint density at radius 1 is 0.889 bits per heavy atom. The molecule has 1 fully saturated rings. The van der Waals surface area contributed by atoms with Crippen molar-refractivity contribution in [1.82, 2.24) is 0 Å². The third-order valence-electron chi connectivity index (χ3n) is 5.16. The summed E-state index contributed by atoms with van der Waals surface area (Å²) in [4.78, 5) is 0. The minimum atomic E-state index is 1.01. The lowest BCUT2D eigenvalue weighted by atomic mass is 9.79. The fraction of sp³-hybridized carbons (Fsp3) is 1.00. The van der Waals surface area contributed by atoms with Crippen molar-refractivity contribution in [2.24, 2.45) is 17.8 Å². The van der Waals surface area contributed by atoms with Crippen LogP contribution in [0.4, 0.5) is 0 Å². The third kappa shape index (κ3) is 6.81. The summed E-state index contributed by atoms with van der Waals surface area (Å²) in [6, 6.07) is 0. The molecule has 0 amide bonds. The van der Waals surface area contributed by atoms with Gasteiger partial charge in [-0.15, -0.1) is 0 Å². The first-order chi connectivity index (χ1) is 8.76. The molecule has 1 unspecified atom stereocenters. The first-order valence-electron chi connectivity index (χ1n) is 8.76. The van der Waals surface area contributed by atoms with Gasteiger partial charge < -0.3 is 0 Å². The van der Waals surface area contributed by atoms with E-state index in [4.69, 9.17) is 0 Å². The maximum Gasteiger partial charge on any atom is -0.0414 e. The first-order valence-corrected chi connectivity index (χ1v) is 8.76. The van der Waals surface area contributed by atoms with Gasteiger partial charge in [0, 0.05) is 0 Å². The van der Waals surface area contributed by atoms with Crippen LogP contribution in [0.2, 0.25) is 0 Å². The lowest BCUT2D eigenvalue weighted by Crippen LogP contribution is -2.13. The van der Waals surface area contributed by atoms with Gasteiger partial charge in [-0.3, -0.25) is 0 Å². The van der Waals surface area contributed by atoms with Crippen molar-refractivity contribution in [3.8, 4) is 0 Å². The molecule has 1 rings (SSSR count). The highest BCUT2D eigenvalue weighted by Crippen LogP contribution is 2.33. The van der Waals surface area contributed by atoms with Crippen LogP contribution in [-0.2, 0) is 0 Å². The molecule has 0 aromatic rings.